The molecular weight excluding hydrogens is 612 g/mol. The smallest absolute Gasteiger partial charge is 0.273 e. The van der Waals surface area contributed by atoms with Crippen molar-refractivity contribution in [2.75, 3.05) is 38.1 Å². The molecule has 0 aliphatic heterocycles. The highest BCUT2D eigenvalue weighted by atomic mass is 32.2. The van der Waals surface area contributed by atoms with Gasteiger partial charge in [-0.3, -0.25) is 24.4 Å². The lowest BCUT2D eigenvalue weighted by molar-refractivity contribution is -0.117. The first-order chi connectivity index (χ1) is 22.0. The number of anilines is 3. The van der Waals surface area contributed by atoms with Gasteiger partial charge in [0.15, 0.2) is 21.3 Å². The zero-order valence-electron chi connectivity index (χ0n) is 25.6. The van der Waals surface area contributed by atoms with Crippen LogP contribution in [-0.2, 0) is 21.2 Å². The summed E-state index contributed by atoms with van der Waals surface area (Å²) in [7, 11) is 1.14. The number of carbonyl (C=O) groups excluding carboxylic acids is 3. The van der Waals surface area contributed by atoms with Gasteiger partial charge in [0.05, 0.1) is 35.6 Å². The van der Waals surface area contributed by atoms with Crippen molar-refractivity contribution in [1.29, 1.82) is 0 Å². The number of para-hydroxylation sites is 1. The first kappa shape index (κ1) is 32.0. The number of sulfone groups is 1. The van der Waals surface area contributed by atoms with Crippen LogP contribution in [0.4, 0.5) is 17.2 Å². The predicted molar refractivity (Wildman–Crippen MR) is 169 cm³/mol. The lowest BCUT2D eigenvalue weighted by Crippen LogP contribution is -2.27. The van der Waals surface area contributed by atoms with Gasteiger partial charge < -0.3 is 25.6 Å². The Morgan fingerprint density at radius 1 is 1.02 bits per heavy atom. The minimum atomic E-state index is -3.42. The van der Waals surface area contributed by atoms with E-state index in [-0.39, 0.29) is 46.4 Å². The Hall–Kier alpha value is -5.44. The molecule has 46 heavy (non-hydrogen) atoms. The molecule has 0 unspecified atom stereocenters. The van der Waals surface area contributed by atoms with E-state index < -0.39 is 15.7 Å². The van der Waals surface area contributed by atoms with E-state index in [0.717, 1.165) is 19.1 Å². The Balaban J connectivity index is 1.37. The topological polar surface area (TPSA) is 185 Å². The summed E-state index contributed by atoms with van der Waals surface area (Å²) in [5.74, 6) is -0.405. The summed E-state index contributed by atoms with van der Waals surface area (Å²) in [6.07, 6.45) is 5.69. The molecule has 3 N–H and O–H groups in total. The molecule has 5 rings (SSSR count). The highest BCUT2D eigenvalue weighted by molar-refractivity contribution is 7.90. The van der Waals surface area contributed by atoms with Gasteiger partial charge in [-0.15, -0.1) is 10.2 Å². The third-order valence-electron chi connectivity index (χ3n) is 7.18. The largest absolute Gasteiger partial charge is 0.494 e. The molecule has 238 valence electrons. The van der Waals surface area contributed by atoms with Crippen molar-refractivity contribution in [1.82, 2.24) is 30.4 Å². The van der Waals surface area contributed by atoms with E-state index >= 15 is 0 Å². The van der Waals surface area contributed by atoms with E-state index in [4.69, 9.17) is 4.74 Å². The zero-order chi connectivity index (χ0) is 33.0. The number of nitrogens with zero attached hydrogens (tertiary/aromatic N) is 5. The van der Waals surface area contributed by atoms with E-state index in [1.54, 1.807) is 37.5 Å². The Morgan fingerprint density at radius 3 is 2.46 bits per heavy atom. The number of carbonyl (C=O) groups is 3. The van der Waals surface area contributed by atoms with Gasteiger partial charge in [-0.25, -0.2) is 8.42 Å². The van der Waals surface area contributed by atoms with Crippen LogP contribution in [0.15, 0.2) is 65.8 Å². The molecular formula is C31H32N8O6S. The summed E-state index contributed by atoms with van der Waals surface area (Å²) in [5.41, 5.74) is 2.73. The highest BCUT2D eigenvalue weighted by Crippen LogP contribution is 2.38. The van der Waals surface area contributed by atoms with Crippen LogP contribution in [0.2, 0.25) is 0 Å². The van der Waals surface area contributed by atoms with E-state index in [0.29, 0.717) is 33.9 Å². The fourth-order valence-electron chi connectivity index (χ4n) is 4.60. The van der Waals surface area contributed by atoms with Crippen molar-refractivity contribution in [3.8, 4) is 16.9 Å². The second-order valence-electron chi connectivity index (χ2n) is 10.7. The summed E-state index contributed by atoms with van der Waals surface area (Å²) >= 11 is 0. The standard InChI is InChI=1S/C31H32N8O6S/c1-32-30(41)27-25(15-26(37-38-27)36-29(40)18-8-9-18)35-23-7-5-6-22(28(23)45-3)19-10-11-24(34-16-19)31(42)39(2)17-20-14-21(12-13-33-20)46(4,43)44/h5-7,10-16,18H,8-9,17H2,1-4H3,(H,32,41)(H2,35,36,37,40). The number of hydrogen-bond acceptors (Lipinski definition) is 11. The number of rotatable bonds is 11. The third-order valence-corrected chi connectivity index (χ3v) is 8.29. The van der Waals surface area contributed by atoms with Crippen molar-refractivity contribution in [3.05, 3.63) is 78.0 Å². The third kappa shape index (κ3) is 7.26. The van der Waals surface area contributed by atoms with E-state index in [1.165, 1.54) is 43.5 Å². The average Bonchev–Trinajstić information content (AvgIpc) is 3.90. The molecule has 0 saturated heterocycles. The Kier molecular flexibility index (Phi) is 9.23. The second-order valence-corrected chi connectivity index (χ2v) is 12.7. The number of amides is 3. The highest BCUT2D eigenvalue weighted by Gasteiger charge is 2.30. The van der Waals surface area contributed by atoms with Gasteiger partial charge in [-0.1, -0.05) is 18.2 Å². The number of pyridine rings is 2. The molecule has 1 aliphatic carbocycles. The number of nitrogens with one attached hydrogen (secondary N) is 3. The zero-order valence-corrected chi connectivity index (χ0v) is 26.4. The van der Waals surface area contributed by atoms with Gasteiger partial charge in [-0.05, 0) is 37.1 Å². The SMILES string of the molecule is CNC(=O)c1nnc(NC(=O)C2CC2)cc1Nc1cccc(-c2ccc(C(=O)N(C)Cc3cc(S(C)(=O)=O)ccn3)nc2)c1OC. The molecule has 14 nitrogen and oxygen atoms in total. The van der Waals surface area contributed by atoms with E-state index in [2.05, 4.69) is 36.1 Å². The molecule has 1 saturated carbocycles. The summed E-state index contributed by atoms with van der Waals surface area (Å²) in [4.78, 5) is 48.1. The molecule has 1 aromatic carbocycles. The molecule has 0 radical (unpaired) electrons. The fourth-order valence-corrected chi connectivity index (χ4v) is 5.26. The molecule has 15 heteroatoms. The van der Waals surface area contributed by atoms with Crippen molar-refractivity contribution < 1.29 is 27.5 Å². The minimum absolute atomic E-state index is 0.0197. The average molecular weight is 645 g/mol. The number of hydrogen-bond donors (Lipinski definition) is 3. The maximum absolute atomic E-state index is 13.1. The van der Waals surface area contributed by atoms with Crippen LogP contribution in [0, 0.1) is 5.92 Å². The monoisotopic (exact) mass is 644 g/mol. The minimum Gasteiger partial charge on any atom is -0.494 e. The van der Waals surface area contributed by atoms with Crippen molar-refractivity contribution in [2.24, 2.45) is 5.92 Å². The fraction of sp³-hybridized carbons (Fsp3) is 0.258. The molecule has 3 aromatic heterocycles. The Labute approximate surface area is 265 Å². The molecule has 0 spiro atoms. The first-order valence-corrected chi connectivity index (χ1v) is 16.1. The van der Waals surface area contributed by atoms with Crippen LogP contribution in [0.25, 0.3) is 11.1 Å². The molecule has 3 amide bonds. The molecule has 4 aromatic rings. The molecule has 0 bridgehead atoms. The summed E-state index contributed by atoms with van der Waals surface area (Å²) in [6, 6.07) is 13.1. The van der Waals surface area contributed by atoms with Gasteiger partial charge in [0.1, 0.15) is 11.4 Å². The summed E-state index contributed by atoms with van der Waals surface area (Å²) in [6.45, 7) is 0.0844. The summed E-state index contributed by atoms with van der Waals surface area (Å²) < 4.78 is 29.5. The Bertz CT molecular complexity index is 1910. The number of aromatic nitrogens is 4. The maximum Gasteiger partial charge on any atom is 0.273 e. The van der Waals surface area contributed by atoms with Gasteiger partial charge in [0.25, 0.3) is 11.8 Å². The van der Waals surface area contributed by atoms with Crippen LogP contribution in [0.1, 0.15) is 39.5 Å². The van der Waals surface area contributed by atoms with Crippen LogP contribution < -0.4 is 20.7 Å². The first-order valence-electron chi connectivity index (χ1n) is 14.2. The second kappa shape index (κ2) is 13.3. The number of ether oxygens (including phenoxy) is 1. The van der Waals surface area contributed by atoms with Gasteiger partial charge in [0, 0.05) is 55.9 Å². The number of methoxy groups -OCH3 is 1. The summed E-state index contributed by atoms with van der Waals surface area (Å²) in [5, 5.41) is 16.5. The lowest BCUT2D eigenvalue weighted by Gasteiger charge is -2.18. The predicted octanol–water partition coefficient (Wildman–Crippen LogP) is 3.07. The quantitative estimate of drug-likeness (QED) is 0.218. The van der Waals surface area contributed by atoms with E-state index in [9.17, 15) is 22.8 Å². The molecule has 0 atom stereocenters. The van der Waals surface area contributed by atoms with Gasteiger partial charge in [0.2, 0.25) is 5.91 Å². The molecule has 1 fully saturated rings. The lowest BCUT2D eigenvalue weighted by atomic mass is 10.0. The normalized spacial score (nSPS) is 12.6. The van der Waals surface area contributed by atoms with Gasteiger partial charge >= 0.3 is 0 Å². The van der Waals surface area contributed by atoms with Crippen molar-refractivity contribution in [2.45, 2.75) is 24.3 Å². The van der Waals surface area contributed by atoms with Crippen LogP contribution >= 0.6 is 0 Å². The van der Waals surface area contributed by atoms with Gasteiger partial charge in [-0.2, -0.15) is 0 Å². The van der Waals surface area contributed by atoms with E-state index in [1.807, 2.05) is 6.07 Å². The number of benzene rings is 1. The van der Waals surface area contributed by atoms with Crippen molar-refractivity contribution >= 4 is 44.8 Å². The van der Waals surface area contributed by atoms with Crippen LogP contribution in [-0.4, -0.2) is 78.7 Å². The van der Waals surface area contributed by atoms with Crippen molar-refractivity contribution in [3.63, 3.8) is 0 Å². The Morgan fingerprint density at radius 2 is 1.80 bits per heavy atom. The maximum atomic E-state index is 13.1. The molecule has 1 aliphatic rings. The van der Waals surface area contributed by atoms with Crippen LogP contribution in [0.3, 0.4) is 0 Å². The van der Waals surface area contributed by atoms with Crippen LogP contribution in [0.5, 0.6) is 5.75 Å². The molecule has 3 heterocycles.